The molecule has 0 aliphatic heterocycles. The van der Waals surface area contributed by atoms with Gasteiger partial charge in [-0.3, -0.25) is 0 Å². The van der Waals surface area contributed by atoms with Crippen LogP contribution in [0.4, 0.5) is 0 Å². The van der Waals surface area contributed by atoms with Gasteiger partial charge in [-0.25, -0.2) is 0 Å². The van der Waals surface area contributed by atoms with Gasteiger partial charge in [0.05, 0.1) is 0 Å². The molecule has 0 aromatic heterocycles. The molecule has 0 aromatic rings. The van der Waals surface area contributed by atoms with E-state index in [-0.39, 0.29) is 0 Å². The first-order valence-electron chi connectivity index (χ1n) is 8.44. The van der Waals surface area contributed by atoms with Crippen LogP contribution in [0.5, 0.6) is 0 Å². The topological polar surface area (TPSA) is 15.3 Å². The fourth-order valence-corrected chi connectivity index (χ4v) is 3.45. The van der Waals surface area contributed by atoms with E-state index in [1.165, 1.54) is 51.9 Å². The molecule has 0 spiro atoms. The Hall–Kier alpha value is -0.0800. The van der Waals surface area contributed by atoms with E-state index in [4.69, 9.17) is 0 Å². The highest BCUT2D eigenvalue weighted by Gasteiger charge is 2.35. The zero-order chi connectivity index (χ0) is 14.3. The van der Waals surface area contributed by atoms with Gasteiger partial charge in [0.2, 0.25) is 0 Å². The quantitative estimate of drug-likeness (QED) is 0.721. The molecule has 0 unspecified atom stereocenters. The number of hydrogen-bond donors (Lipinski definition) is 1. The largest absolute Gasteiger partial charge is 0.316 e. The van der Waals surface area contributed by atoms with Crippen molar-refractivity contribution in [3.05, 3.63) is 0 Å². The Balaban J connectivity index is 2.62. The predicted octanol–water partition coefficient (Wildman–Crippen LogP) is 3.77. The normalized spacial score (nSPS) is 28.3. The molecule has 0 radical (unpaired) electrons. The van der Waals surface area contributed by atoms with E-state index in [1.807, 2.05) is 0 Å². The van der Waals surface area contributed by atoms with Gasteiger partial charge < -0.3 is 10.2 Å². The van der Waals surface area contributed by atoms with Crippen LogP contribution < -0.4 is 5.32 Å². The first-order valence-corrected chi connectivity index (χ1v) is 8.44. The van der Waals surface area contributed by atoms with Gasteiger partial charge in [0, 0.05) is 19.6 Å². The summed E-state index contributed by atoms with van der Waals surface area (Å²) in [6, 6.07) is 0. The minimum Gasteiger partial charge on any atom is -0.316 e. The molecule has 2 nitrogen and oxygen atoms in total. The molecule has 1 saturated carbocycles. The van der Waals surface area contributed by atoms with Crippen molar-refractivity contribution in [2.24, 2.45) is 17.3 Å². The Morgan fingerprint density at radius 3 is 2.32 bits per heavy atom. The van der Waals surface area contributed by atoms with Crippen molar-refractivity contribution in [3.8, 4) is 0 Å². The summed E-state index contributed by atoms with van der Waals surface area (Å²) in [5.41, 5.74) is 0.535. The van der Waals surface area contributed by atoms with Gasteiger partial charge >= 0.3 is 0 Å². The van der Waals surface area contributed by atoms with Gasteiger partial charge in [0.15, 0.2) is 0 Å². The van der Waals surface area contributed by atoms with Crippen LogP contribution in [-0.4, -0.2) is 37.6 Å². The summed E-state index contributed by atoms with van der Waals surface area (Å²) in [4.78, 5) is 2.68. The van der Waals surface area contributed by atoms with E-state index < -0.39 is 0 Å². The molecule has 0 saturated heterocycles. The number of hydrogen-bond acceptors (Lipinski definition) is 2. The molecule has 1 fully saturated rings. The van der Waals surface area contributed by atoms with Crippen LogP contribution in [0.15, 0.2) is 0 Å². The molecule has 114 valence electrons. The Labute approximate surface area is 121 Å². The summed E-state index contributed by atoms with van der Waals surface area (Å²) in [5, 5.41) is 3.63. The zero-order valence-corrected chi connectivity index (χ0v) is 14.0. The monoisotopic (exact) mass is 268 g/mol. The van der Waals surface area contributed by atoms with Crippen LogP contribution in [0.3, 0.4) is 0 Å². The standard InChI is InChI=1S/C17H36N2/c1-6-18-13-17(10-8-16(5)9-11-17)14-19(7-2)12-15(3)4/h15-16,18H,6-14H2,1-5H3. The lowest BCUT2D eigenvalue weighted by molar-refractivity contribution is 0.0835. The highest BCUT2D eigenvalue weighted by molar-refractivity contribution is 4.89. The summed E-state index contributed by atoms with van der Waals surface area (Å²) < 4.78 is 0. The Morgan fingerprint density at radius 2 is 1.84 bits per heavy atom. The Bertz CT molecular complexity index is 224. The van der Waals surface area contributed by atoms with E-state index in [0.29, 0.717) is 5.41 Å². The first-order chi connectivity index (χ1) is 9.01. The van der Waals surface area contributed by atoms with Crippen molar-refractivity contribution in [1.29, 1.82) is 0 Å². The molecule has 0 bridgehead atoms. The van der Waals surface area contributed by atoms with Gasteiger partial charge in [-0.2, -0.15) is 0 Å². The van der Waals surface area contributed by atoms with E-state index in [0.717, 1.165) is 18.4 Å². The van der Waals surface area contributed by atoms with Crippen molar-refractivity contribution < 1.29 is 0 Å². The summed E-state index contributed by atoms with van der Waals surface area (Å²) in [6.45, 7) is 17.7. The molecule has 0 atom stereocenters. The highest BCUT2D eigenvalue weighted by atomic mass is 15.1. The molecular formula is C17H36N2. The average Bonchev–Trinajstić information content (AvgIpc) is 2.38. The van der Waals surface area contributed by atoms with Gasteiger partial charge in [-0.15, -0.1) is 0 Å². The van der Waals surface area contributed by atoms with Crippen LogP contribution in [0.2, 0.25) is 0 Å². The third-order valence-corrected chi connectivity index (χ3v) is 4.71. The minimum absolute atomic E-state index is 0.535. The second kappa shape index (κ2) is 8.26. The van der Waals surface area contributed by atoms with Crippen LogP contribution in [-0.2, 0) is 0 Å². The van der Waals surface area contributed by atoms with Gasteiger partial charge in [0.25, 0.3) is 0 Å². The zero-order valence-electron chi connectivity index (χ0n) is 14.0. The molecule has 1 N–H and O–H groups in total. The number of nitrogens with zero attached hydrogens (tertiary/aromatic N) is 1. The minimum atomic E-state index is 0.535. The van der Waals surface area contributed by atoms with E-state index >= 15 is 0 Å². The molecule has 1 aliphatic carbocycles. The lowest BCUT2D eigenvalue weighted by Gasteiger charge is -2.43. The van der Waals surface area contributed by atoms with Crippen LogP contribution in [0.1, 0.15) is 60.3 Å². The third kappa shape index (κ3) is 5.83. The first kappa shape index (κ1) is 17.0. The molecule has 2 heteroatoms. The SMILES string of the molecule is CCNCC1(CN(CC)CC(C)C)CCC(C)CC1. The van der Waals surface area contributed by atoms with Gasteiger partial charge in [-0.1, -0.05) is 47.5 Å². The lowest BCUT2D eigenvalue weighted by Crippen LogP contribution is -2.47. The Kier molecular flexibility index (Phi) is 7.38. The number of rotatable bonds is 8. The smallest absolute Gasteiger partial charge is 0.00501 e. The van der Waals surface area contributed by atoms with Crippen molar-refractivity contribution >= 4 is 0 Å². The maximum atomic E-state index is 3.63. The summed E-state index contributed by atoms with van der Waals surface area (Å²) in [6.07, 6.45) is 5.67. The maximum Gasteiger partial charge on any atom is 0.00501 e. The van der Waals surface area contributed by atoms with E-state index in [2.05, 4.69) is 44.8 Å². The average molecular weight is 268 g/mol. The van der Waals surface area contributed by atoms with E-state index in [9.17, 15) is 0 Å². The predicted molar refractivity (Wildman–Crippen MR) is 85.6 cm³/mol. The fraction of sp³-hybridized carbons (Fsp3) is 1.00. The molecule has 0 heterocycles. The Morgan fingerprint density at radius 1 is 1.21 bits per heavy atom. The van der Waals surface area contributed by atoms with Crippen LogP contribution >= 0.6 is 0 Å². The van der Waals surface area contributed by atoms with E-state index in [1.54, 1.807) is 0 Å². The van der Waals surface area contributed by atoms with Crippen LogP contribution in [0, 0.1) is 17.3 Å². The summed E-state index contributed by atoms with van der Waals surface area (Å²) in [5.74, 6) is 1.72. The second-order valence-electron chi connectivity index (χ2n) is 7.18. The third-order valence-electron chi connectivity index (χ3n) is 4.71. The summed E-state index contributed by atoms with van der Waals surface area (Å²) >= 11 is 0. The molecule has 1 aliphatic rings. The maximum absolute atomic E-state index is 3.63. The van der Waals surface area contributed by atoms with Crippen molar-refractivity contribution in [3.63, 3.8) is 0 Å². The van der Waals surface area contributed by atoms with Crippen LogP contribution in [0.25, 0.3) is 0 Å². The van der Waals surface area contributed by atoms with Crippen molar-refractivity contribution in [2.45, 2.75) is 60.3 Å². The van der Waals surface area contributed by atoms with Gasteiger partial charge in [0.1, 0.15) is 0 Å². The summed E-state index contributed by atoms with van der Waals surface area (Å²) in [7, 11) is 0. The van der Waals surface area contributed by atoms with Crippen molar-refractivity contribution in [1.82, 2.24) is 10.2 Å². The number of nitrogens with one attached hydrogen (secondary N) is 1. The molecular weight excluding hydrogens is 232 g/mol. The lowest BCUT2D eigenvalue weighted by atomic mass is 9.70. The van der Waals surface area contributed by atoms with Gasteiger partial charge in [-0.05, 0) is 43.2 Å². The fourth-order valence-electron chi connectivity index (χ4n) is 3.45. The molecule has 1 rings (SSSR count). The van der Waals surface area contributed by atoms with Crippen molar-refractivity contribution in [2.75, 3.05) is 32.7 Å². The molecule has 0 aromatic carbocycles. The highest BCUT2D eigenvalue weighted by Crippen LogP contribution is 2.39. The second-order valence-corrected chi connectivity index (χ2v) is 7.18. The molecule has 19 heavy (non-hydrogen) atoms. The molecule has 0 amide bonds.